The molecule has 0 spiro atoms. The highest BCUT2D eigenvalue weighted by Gasteiger charge is 2.35. The van der Waals surface area contributed by atoms with E-state index in [2.05, 4.69) is 5.32 Å². The number of benzene rings is 2. The van der Waals surface area contributed by atoms with E-state index in [1.165, 1.54) is 0 Å². The maximum Gasteiger partial charge on any atom is 0.328 e. The SMILES string of the molecule is Cc1ccccc1C(C)(NCc1ccccc1)C(=O)O. The smallest absolute Gasteiger partial charge is 0.328 e. The van der Waals surface area contributed by atoms with E-state index in [1.54, 1.807) is 6.92 Å². The van der Waals surface area contributed by atoms with E-state index in [9.17, 15) is 9.90 Å². The van der Waals surface area contributed by atoms with Crippen molar-refractivity contribution in [3.05, 3.63) is 71.3 Å². The Kier molecular flexibility index (Phi) is 4.20. The summed E-state index contributed by atoms with van der Waals surface area (Å²) in [5.74, 6) is -0.872. The third kappa shape index (κ3) is 2.89. The van der Waals surface area contributed by atoms with Gasteiger partial charge in [0.25, 0.3) is 0 Å². The number of hydrogen-bond donors (Lipinski definition) is 2. The normalized spacial score (nSPS) is 13.7. The highest BCUT2D eigenvalue weighted by molar-refractivity contribution is 5.80. The number of carboxylic acid groups (broad SMARTS) is 1. The largest absolute Gasteiger partial charge is 0.480 e. The molecule has 2 aromatic rings. The van der Waals surface area contributed by atoms with Gasteiger partial charge in [-0.2, -0.15) is 0 Å². The molecule has 20 heavy (non-hydrogen) atoms. The Labute approximate surface area is 119 Å². The van der Waals surface area contributed by atoms with Gasteiger partial charge in [-0.3, -0.25) is 5.32 Å². The predicted octanol–water partition coefficient (Wildman–Crippen LogP) is 3.08. The standard InChI is InChI=1S/C17H19NO2/c1-13-8-6-7-11-15(13)17(2,16(19)20)18-12-14-9-4-3-5-10-14/h3-11,18H,12H2,1-2H3,(H,19,20). The summed E-state index contributed by atoms with van der Waals surface area (Å²) in [6.45, 7) is 4.15. The molecule has 0 fully saturated rings. The van der Waals surface area contributed by atoms with E-state index < -0.39 is 11.5 Å². The number of aryl methyl sites for hydroxylation is 1. The summed E-state index contributed by atoms with van der Waals surface area (Å²) in [6.07, 6.45) is 0. The van der Waals surface area contributed by atoms with Crippen LogP contribution in [-0.4, -0.2) is 11.1 Å². The molecule has 0 amide bonds. The van der Waals surface area contributed by atoms with E-state index in [-0.39, 0.29) is 0 Å². The van der Waals surface area contributed by atoms with Crippen LogP contribution in [0.4, 0.5) is 0 Å². The van der Waals surface area contributed by atoms with E-state index in [0.29, 0.717) is 6.54 Å². The summed E-state index contributed by atoms with van der Waals surface area (Å²) >= 11 is 0. The van der Waals surface area contributed by atoms with Gasteiger partial charge in [0.1, 0.15) is 5.54 Å². The first-order valence-electron chi connectivity index (χ1n) is 6.62. The topological polar surface area (TPSA) is 49.3 Å². The van der Waals surface area contributed by atoms with E-state index in [0.717, 1.165) is 16.7 Å². The summed E-state index contributed by atoms with van der Waals surface area (Å²) in [6, 6.07) is 17.4. The Morgan fingerprint density at radius 3 is 2.30 bits per heavy atom. The fraction of sp³-hybridized carbons (Fsp3) is 0.235. The van der Waals surface area contributed by atoms with Crippen LogP contribution >= 0.6 is 0 Å². The van der Waals surface area contributed by atoms with Crippen LogP contribution in [0.2, 0.25) is 0 Å². The Bertz CT molecular complexity index is 595. The molecule has 0 aromatic heterocycles. The van der Waals surface area contributed by atoms with Crippen LogP contribution in [0.5, 0.6) is 0 Å². The van der Waals surface area contributed by atoms with Crippen molar-refractivity contribution >= 4 is 5.97 Å². The molecule has 3 heteroatoms. The summed E-state index contributed by atoms with van der Waals surface area (Å²) in [4.78, 5) is 11.7. The van der Waals surface area contributed by atoms with Crippen molar-refractivity contribution in [2.45, 2.75) is 25.9 Å². The quantitative estimate of drug-likeness (QED) is 0.877. The van der Waals surface area contributed by atoms with Gasteiger partial charge in [0, 0.05) is 6.54 Å². The molecule has 0 bridgehead atoms. The zero-order chi connectivity index (χ0) is 14.6. The fourth-order valence-electron chi connectivity index (χ4n) is 2.29. The summed E-state index contributed by atoms with van der Waals surface area (Å²) in [5.41, 5.74) is 1.73. The average Bonchev–Trinajstić information content (AvgIpc) is 2.46. The first-order chi connectivity index (χ1) is 9.54. The second-order valence-electron chi connectivity index (χ2n) is 5.08. The monoisotopic (exact) mass is 269 g/mol. The molecule has 0 saturated heterocycles. The molecule has 2 rings (SSSR count). The lowest BCUT2D eigenvalue weighted by atomic mass is 9.88. The van der Waals surface area contributed by atoms with Gasteiger partial charge in [-0.15, -0.1) is 0 Å². The van der Waals surface area contributed by atoms with Crippen molar-refractivity contribution in [1.29, 1.82) is 0 Å². The summed E-state index contributed by atoms with van der Waals surface area (Å²) in [7, 11) is 0. The second-order valence-corrected chi connectivity index (χ2v) is 5.08. The molecule has 1 unspecified atom stereocenters. The van der Waals surface area contributed by atoms with E-state index >= 15 is 0 Å². The molecule has 0 aliphatic heterocycles. The number of hydrogen-bond acceptors (Lipinski definition) is 2. The Balaban J connectivity index is 2.27. The lowest BCUT2D eigenvalue weighted by molar-refractivity contribution is -0.144. The van der Waals surface area contributed by atoms with Crippen molar-refractivity contribution in [1.82, 2.24) is 5.32 Å². The van der Waals surface area contributed by atoms with Gasteiger partial charge >= 0.3 is 5.97 Å². The van der Waals surface area contributed by atoms with Crippen LogP contribution in [0.15, 0.2) is 54.6 Å². The maximum atomic E-state index is 11.7. The molecule has 0 heterocycles. The van der Waals surface area contributed by atoms with Crippen molar-refractivity contribution in [3.63, 3.8) is 0 Å². The predicted molar refractivity (Wildman–Crippen MR) is 79.4 cm³/mol. The summed E-state index contributed by atoms with van der Waals surface area (Å²) < 4.78 is 0. The van der Waals surface area contributed by atoms with Gasteiger partial charge in [-0.05, 0) is 30.5 Å². The lowest BCUT2D eigenvalue weighted by Gasteiger charge is -2.28. The van der Waals surface area contributed by atoms with E-state index in [4.69, 9.17) is 0 Å². The Morgan fingerprint density at radius 1 is 1.10 bits per heavy atom. The molecular formula is C17H19NO2. The second kappa shape index (κ2) is 5.88. The molecule has 0 aliphatic rings. The Morgan fingerprint density at radius 2 is 1.70 bits per heavy atom. The van der Waals surface area contributed by atoms with Crippen LogP contribution in [0.3, 0.4) is 0 Å². The first-order valence-corrected chi connectivity index (χ1v) is 6.62. The minimum atomic E-state index is -1.10. The van der Waals surface area contributed by atoms with Crippen molar-refractivity contribution < 1.29 is 9.90 Å². The lowest BCUT2D eigenvalue weighted by Crippen LogP contribution is -2.46. The zero-order valence-corrected chi connectivity index (χ0v) is 11.8. The molecule has 2 aromatic carbocycles. The molecular weight excluding hydrogens is 250 g/mol. The molecule has 0 saturated carbocycles. The van der Waals surface area contributed by atoms with Gasteiger partial charge < -0.3 is 5.11 Å². The van der Waals surface area contributed by atoms with E-state index in [1.807, 2.05) is 61.5 Å². The first kappa shape index (κ1) is 14.3. The minimum absolute atomic E-state index is 0.512. The number of aliphatic carboxylic acids is 1. The summed E-state index contributed by atoms with van der Waals surface area (Å²) in [5, 5.41) is 12.8. The van der Waals surface area contributed by atoms with Crippen molar-refractivity contribution in [2.24, 2.45) is 0 Å². The number of carboxylic acids is 1. The third-order valence-electron chi connectivity index (χ3n) is 3.60. The van der Waals surface area contributed by atoms with Crippen molar-refractivity contribution in [3.8, 4) is 0 Å². The van der Waals surface area contributed by atoms with Gasteiger partial charge in [0.15, 0.2) is 0 Å². The van der Waals surface area contributed by atoms with Gasteiger partial charge in [-0.25, -0.2) is 4.79 Å². The van der Waals surface area contributed by atoms with Crippen LogP contribution in [0.25, 0.3) is 0 Å². The molecule has 104 valence electrons. The number of rotatable bonds is 5. The molecule has 0 radical (unpaired) electrons. The van der Waals surface area contributed by atoms with Crippen LogP contribution < -0.4 is 5.32 Å². The highest BCUT2D eigenvalue weighted by Crippen LogP contribution is 2.25. The molecule has 1 atom stereocenters. The Hall–Kier alpha value is -2.13. The average molecular weight is 269 g/mol. The fourth-order valence-corrected chi connectivity index (χ4v) is 2.29. The van der Waals surface area contributed by atoms with Crippen LogP contribution in [0.1, 0.15) is 23.6 Å². The minimum Gasteiger partial charge on any atom is -0.480 e. The maximum absolute atomic E-state index is 11.7. The third-order valence-corrected chi connectivity index (χ3v) is 3.60. The van der Waals surface area contributed by atoms with Crippen LogP contribution in [-0.2, 0) is 16.9 Å². The highest BCUT2D eigenvalue weighted by atomic mass is 16.4. The molecule has 3 nitrogen and oxygen atoms in total. The number of carbonyl (C=O) groups is 1. The van der Waals surface area contributed by atoms with Gasteiger partial charge in [0.05, 0.1) is 0 Å². The molecule has 0 aliphatic carbocycles. The zero-order valence-electron chi connectivity index (χ0n) is 11.8. The molecule has 2 N–H and O–H groups in total. The van der Waals surface area contributed by atoms with Crippen molar-refractivity contribution in [2.75, 3.05) is 0 Å². The van der Waals surface area contributed by atoms with Crippen LogP contribution in [0, 0.1) is 6.92 Å². The number of nitrogens with one attached hydrogen (secondary N) is 1. The van der Waals surface area contributed by atoms with Gasteiger partial charge in [-0.1, -0.05) is 54.6 Å². The van der Waals surface area contributed by atoms with Gasteiger partial charge in [0.2, 0.25) is 0 Å².